The smallest absolute Gasteiger partial charge is 0.0844 e. The van der Waals surface area contributed by atoms with Crippen molar-refractivity contribution >= 4 is 23.4 Å². The quantitative estimate of drug-likeness (QED) is 0.216. The molecule has 0 radical (unpaired) electrons. The number of nitrogens with one attached hydrogen (secondary N) is 1. The normalized spacial score (nSPS) is 21.2. The van der Waals surface area contributed by atoms with E-state index >= 15 is 0 Å². The number of hydrogen-bond donors (Lipinski definition) is 2. The van der Waals surface area contributed by atoms with E-state index in [1.54, 1.807) is 0 Å². The molecule has 180 valence electrons. The minimum atomic E-state index is -0.967. The van der Waals surface area contributed by atoms with Crippen molar-refractivity contribution in [2.45, 2.75) is 58.0 Å². The summed E-state index contributed by atoms with van der Waals surface area (Å²) < 4.78 is 15.0. The molecule has 3 unspecified atom stereocenters. The summed E-state index contributed by atoms with van der Waals surface area (Å²) in [7, 11) is 1.72. The van der Waals surface area contributed by atoms with Crippen LogP contribution in [0.4, 0.5) is 4.39 Å². The highest BCUT2D eigenvalue weighted by Crippen LogP contribution is 2.53. The van der Waals surface area contributed by atoms with Gasteiger partial charge in [-0.15, -0.1) is 0 Å². The van der Waals surface area contributed by atoms with Crippen LogP contribution in [0.5, 0.6) is 0 Å². The van der Waals surface area contributed by atoms with Gasteiger partial charge in [-0.25, -0.2) is 0 Å². The van der Waals surface area contributed by atoms with Crippen LogP contribution in [0, 0.1) is 5.41 Å². The minimum absolute atomic E-state index is 0.257. The summed E-state index contributed by atoms with van der Waals surface area (Å²) in [5.41, 5.74) is 3.34. The van der Waals surface area contributed by atoms with Gasteiger partial charge in [0.2, 0.25) is 0 Å². The van der Waals surface area contributed by atoms with E-state index in [9.17, 15) is 9.50 Å². The molecular formula is C25H41FN2O2P2. The van der Waals surface area contributed by atoms with Gasteiger partial charge in [-0.3, -0.25) is 4.39 Å². The highest BCUT2D eigenvalue weighted by atomic mass is 31.1. The Labute approximate surface area is 197 Å². The van der Waals surface area contributed by atoms with E-state index in [0.717, 1.165) is 62.3 Å². The van der Waals surface area contributed by atoms with Crippen LogP contribution in [0.3, 0.4) is 0 Å². The molecule has 2 N–H and O–H groups in total. The Bertz CT molecular complexity index is 746. The summed E-state index contributed by atoms with van der Waals surface area (Å²) in [6.45, 7) is 15.3. The molecule has 2 aliphatic heterocycles. The highest BCUT2D eigenvalue weighted by Gasteiger charge is 2.32. The number of alkyl halides is 1. The fraction of sp³-hybridized carbons (Fsp3) is 0.560. The maximum Gasteiger partial charge on any atom is 0.0844 e. The van der Waals surface area contributed by atoms with Gasteiger partial charge in [0.15, 0.2) is 0 Å². The Kier molecular flexibility index (Phi) is 13.5. The van der Waals surface area contributed by atoms with Crippen LogP contribution in [-0.4, -0.2) is 60.7 Å². The number of morpholine rings is 1. The number of rotatable bonds is 10. The molecule has 0 aromatic carbocycles. The molecule has 3 atom stereocenters. The van der Waals surface area contributed by atoms with Crippen LogP contribution < -0.4 is 0 Å². The average molecular weight is 483 g/mol. The first-order chi connectivity index (χ1) is 15.3. The number of nitrogens with zero attached hydrogens (tertiary/aromatic N) is 1. The SMILES string of the molecule is C=C(/C=C\C=C(/CCC)PC1PC(N2CCOCC2)=CC(C(C)(C)O)=C1C=N)CC.CF. The van der Waals surface area contributed by atoms with Gasteiger partial charge in [0.1, 0.15) is 0 Å². The van der Waals surface area contributed by atoms with Gasteiger partial charge in [0.05, 0.1) is 26.0 Å². The second kappa shape index (κ2) is 14.9. The zero-order valence-corrected chi connectivity index (χ0v) is 22.3. The van der Waals surface area contributed by atoms with E-state index in [0.29, 0.717) is 24.3 Å². The summed E-state index contributed by atoms with van der Waals surface area (Å²) in [6.07, 6.45) is 13.2. The minimum Gasteiger partial charge on any atom is -0.386 e. The van der Waals surface area contributed by atoms with Gasteiger partial charge in [0.25, 0.3) is 0 Å². The second-order valence-electron chi connectivity index (χ2n) is 8.24. The molecule has 0 saturated carbocycles. The van der Waals surface area contributed by atoms with Crippen molar-refractivity contribution in [3.8, 4) is 0 Å². The lowest BCUT2D eigenvalue weighted by Crippen LogP contribution is -2.36. The first kappa shape index (κ1) is 28.9. The van der Waals surface area contributed by atoms with Crippen LogP contribution in [0.1, 0.15) is 47.0 Å². The van der Waals surface area contributed by atoms with E-state index in [-0.39, 0.29) is 5.40 Å². The fourth-order valence-corrected chi connectivity index (χ4v) is 7.48. The lowest BCUT2D eigenvalue weighted by Gasteiger charge is -2.38. The van der Waals surface area contributed by atoms with Gasteiger partial charge in [-0.1, -0.05) is 67.8 Å². The number of halogens is 1. The van der Waals surface area contributed by atoms with E-state index in [2.05, 4.69) is 49.6 Å². The summed E-state index contributed by atoms with van der Waals surface area (Å²) in [5.74, 6) is 0. The highest BCUT2D eigenvalue weighted by molar-refractivity contribution is 7.62. The lowest BCUT2D eigenvalue weighted by atomic mass is 9.93. The van der Waals surface area contributed by atoms with Crippen molar-refractivity contribution in [2.75, 3.05) is 33.5 Å². The van der Waals surface area contributed by atoms with E-state index in [1.165, 1.54) is 17.0 Å². The third kappa shape index (κ3) is 9.02. The zero-order valence-electron chi connectivity index (χ0n) is 20.3. The van der Waals surface area contributed by atoms with Crippen molar-refractivity contribution in [3.63, 3.8) is 0 Å². The first-order valence-electron chi connectivity index (χ1n) is 11.3. The van der Waals surface area contributed by atoms with Gasteiger partial charge in [-0.05, 0) is 49.2 Å². The Morgan fingerprint density at radius 2 is 2.03 bits per heavy atom. The number of aliphatic hydroxyl groups is 1. The topological polar surface area (TPSA) is 56.6 Å². The largest absolute Gasteiger partial charge is 0.386 e. The van der Waals surface area contributed by atoms with Gasteiger partial charge in [-0.2, -0.15) is 0 Å². The molecule has 0 spiro atoms. The predicted molar refractivity (Wildman–Crippen MR) is 142 cm³/mol. The van der Waals surface area contributed by atoms with E-state index < -0.39 is 5.60 Å². The summed E-state index contributed by atoms with van der Waals surface area (Å²) in [4.78, 5) is 2.40. The number of allylic oxidation sites excluding steroid dienone is 6. The predicted octanol–water partition coefficient (Wildman–Crippen LogP) is 6.37. The molecule has 0 bridgehead atoms. The first-order valence-corrected chi connectivity index (χ1v) is 13.4. The number of ether oxygens (including phenoxy) is 1. The molecule has 4 nitrogen and oxygen atoms in total. The average Bonchev–Trinajstić information content (AvgIpc) is 2.79. The Balaban J connectivity index is 0.00000249. The van der Waals surface area contributed by atoms with Crippen molar-refractivity contribution in [1.29, 1.82) is 5.41 Å². The van der Waals surface area contributed by atoms with Crippen molar-refractivity contribution in [1.82, 2.24) is 4.90 Å². The van der Waals surface area contributed by atoms with Crippen molar-refractivity contribution in [3.05, 3.63) is 58.4 Å². The molecule has 1 fully saturated rings. The molecule has 2 rings (SSSR count). The Morgan fingerprint density at radius 3 is 2.56 bits per heavy atom. The van der Waals surface area contributed by atoms with Crippen LogP contribution in [0.25, 0.3) is 0 Å². The lowest BCUT2D eigenvalue weighted by molar-refractivity contribution is 0.0571. The summed E-state index contributed by atoms with van der Waals surface area (Å²) in [6, 6.07) is 0. The van der Waals surface area contributed by atoms with Crippen LogP contribution in [0.15, 0.2) is 58.4 Å². The van der Waals surface area contributed by atoms with Crippen LogP contribution in [0.2, 0.25) is 0 Å². The van der Waals surface area contributed by atoms with Gasteiger partial charge < -0.3 is 20.2 Å². The van der Waals surface area contributed by atoms with E-state index in [4.69, 9.17) is 10.1 Å². The molecule has 0 amide bonds. The molecule has 0 aromatic rings. The van der Waals surface area contributed by atoms with Crippen LogP contribution in [-0.2, 0) is 4.74 Å². The van der Waals surface area contributed by atoms with Gasteiger partial charge in [0, 0.05) is 30.1 Å². The maximum atomic E-state index is 10.9. The maximum absolute atomic E-state index is 10.9. The molecule has 0 aromatic heterocycles. The summed E-state index contributed by atoms with van der Waals surface area (Å²) >= 11 is 0. The molecular weight excluding hydrogens is 441 g/mol. The monoisotopic (exact) mass is 482 g/mol. The Hall–Kier alpha value is -1.12. The van der Waals surface area contributed by atoms with Crippen LogP contribution >= 0.6 is 17.2 Å². The van der Waals surface area contributed by atoms with Crippen molar-refractivity contribution < 1.29 is 14.2 Å². The standard InChI is InChI=1S/C24H38N2O2P2.CH3F/c1-6-9-19(11-8-10-18(3)7-2)29-23-20(17-25)21(24(4,5)27)16-22(30-23)26-12-14-28-15-13-26;1-2/h8,10-11,16-17,23,25,27,29-30H,3,6-7,9,12-15H2,1-2,4-5H3;1H3/b10-8-,19-11+,25-17?;. The summed E-state index contributed by atoms with van der Waals surface area (Å²) in [5, 5.41) is 20.7. The molecule has 7 heteroatoms. The van der Waals surface area contributed by atoms with Gasteiger partial charge >= 0.3 is 0 Å². The third-order valence-corrected chi connectivity index (χ3v) is 8.90. The van der Waals surface area contributed by atoms with E-state index in [1.807, 2.05) is 13.8 Å². The second-order valence-corrected chi connectivity index (χ2v) is 11.7. The molecule has 1 saturated heterocycles. The number of hydrogen-bond acceptors (Lipinski definition) is 4. The molecule has 32 heavy (non-hydrogen) atoms. The Morgan fingerprint density at radius 1 is 1.38 bits per heavy atom. The molecule has 2 heterocycles. The van der Waals surface area contributed by atoms with Crippen molar-refractivity contribution in [2.24, 2.45) is 0 Å². The molecule has 0 aliphatic carbocycles. The zero-order chi connectivity index (χ0) is 24.1. The third-order valence-electron chi connectivity index (χ3n) is 5.29. The fourth-order valence-electron chi connectivity index (χ4n) is 3.51. The molecule has 2 aliphatic rings.